The van der Waals surface area contributed by atoms with Crippen LogP contribution in [0.15, 0.2) is 28.6 Å². The molecule has 2 fully saturated rings. The smallest absolute Gasteiger partial charge is 0.233 e. The third-order valence-corrected chi connectivity index (χ3v) is 7.96. The van der Waals surface area contributed by atoms with Gasteiger partial charge in [0.25, 0.3) is 0 Å². The molecular formula is C19H24N2OS2. The number of thioether (sulfide) groups is 1. The van der Waals surface area contributed by atoms with Gasteiger partial charge in [-0.3, -0.25) is 4.79 Å². The maximum absolute atomic E-state index is 12.6. The highest BCUT2D eigenvalue weighted by atomic mass is 32.2. The number of rotatable bonds is 5. The second-order valence-corrected chi connectivity index (χ2v) is 9.96. The first-order valence-electron chi connectivity index (χ1n) is 8.92. The molecule has 0 radical (unpaired) electrons. The third-order valence-electron chi connectivity index (χ3n) is 5.73. The summed E-state index contributed by atoms with van der Waals surface area (Å²) in [4.78, 5) is 17.2. The Kier molecular flexibility index (Phi) is 4.56. The van der Waals surface area contributed by atoms with Crippen LogP contribution >= 0.6 is 23.1 Å². The van der Waals surface area contributed by atoms with Crippen LogP contribution in [0.3, 0.4) is 0 Å². The molecule has 2 bridgehead atoms. The molecule has 24 heavy (non-hydrogen) atoms. The Bertz CT molecular complexity index is 711. The minimum atomic E-state index is -0.105. The maximum atomic E-state index is 12.6. The molecule has 128 valence electrons. The van der Waals surface area contributed by atoms with E-state index in [1.54, 1.807) is 23.1 Å². The van der Waals surface area contributed by atoms with Gasteiger partial charge in [-0.1, -0.05) is 30.3 Å². The standard InChI is InChI=1S/C19H24N2OS2/c1-11(15-10-13-7-8-14(15)9-13)20-18(22)12(2)23-19-21-16-5-3-4-6-17(16)24-19/h3-6,11-15H,7-10H2,1-2H3,(H,20,22). The fourth-order valence-electron chi connectivity index (χ4n) is 4.46. The average Bonchev–Trinajstić information content (AvgIpc) is 3.28. The first-order valence-corrected chi connectivity index (χ1v) is 10.6. The number of nitrogens with one attached hydrogen (secondary N) is 1. The number of nitrogens with zero attached hydrogens (tertiary/aromatic N) is 1. The molecule has 3 nitrogen and oxygen atoms in total. The van der Waals surface area contributed by atoms with Crippen molar-refractivity contribution in [2.75, 3.05) is 0 Å². The summed E-state index contributed by atoms with van der Waals surface area (Å²) in [5.74, 6) is 2.60. The molecule has 2 aliphatic rings. The lowest BCUT2D eigenvalue weighted by molar-refractivity contribution is -0.121. The molecule has 1 amide bonds. The first-order chi connectivity index (χ1) is 11.6. The van der Waals surface area contributed by atoms with E-state index in [4.69, 9.17) is 0 Å². The fraction of sp³-hybridized carbons (Fsp3) is 0.579. The Hall–Kier alpha value is -1.07. The van der Waals surface area contributed by atoms with Gasteiger partial charge in [0.1, 0.15) is 0 Å². The van der Waals surface area contributed by atoms with Crippen molar-refractivity contribution in [1.29, 1.82) is 0 Å². The minimum absolute atomic E-state index is 0.105. The predicted molar refractivity (Wildman–Crippen MR) is 101 cm³/mol. The summed E-state index contributed by atoms with van der Waals surface area (Å²) in [6.07, 6.45) is 5.48. The van der Waals surface area contributed by atoms with Crippen LogP contribution in [0.4, 0.5) is 0 Å². The fourth-order valence-corrected chi connectivity index (χ4v) is 6.68. The van der Waals surface area contributed by atoms with E-state index in [1.165, 1.54) is 30.4 Å². The number of thiazole rings is 1. The zero-order chi connectivity index (χ0) is 16.7. The summed E-state index contributed by atoms with van der Waals surface area (Å²) in [5.41, 5.74) is 1.02. The Morgan fingerprint density at radius 1 is 1.29 bits per heavy atom. The summed E-state index contributed by atoms with van der Waals surface area (Å²) in [7, 11) is 0. The van der Waals surface area contributed by atoms with Crippen LogP contribution in [-0.4, -0.2) is 22.2 Å². The summed E-state index contributed by atoms with van der Waals surface area (Å²) in [5, 5.41) is 3.17. The number of hydrogen-bond acceptors (Lipinski definition) is 4. The van der Waals surface area contributed by atoms with E-state index in [9.17, 15) is 4.79 Å². The SMILES string of the molecule is CC(Sc1nc2ccccc2s1)C(=O)NC(C)C1CC2CCC1C2. The van der Waals surface area contributed by atoms with Gasteiger partial charge in [-0.2, -0.15) is 0 Å². The van der Waals surface area contributed by atoms with Gasteiger partial charge in [-0.25, -0.2) is 4.98 Å². The Labute approximate surface area is 151 Å². The van der Waals surface area contributed by atoms with Crippen molar-refractivity contribution in [3.05, 3.63) is 24.3 Å². The molecule has 5 unspecified atom stereocenters. The van der Waals surface area contributed by atoms with Crippen LogP contribution in [0.2, 0.25) is 0 Å². The number of benzene rings is 1. The largest absolute Gasteiger partial charge is 0.352 e. The first kappa shape index (κ1) is 16.4. The van der Waals surface area contributed by atoms with Crippen molar-refractivity contribution < 1.29 is 4.79 Å². The molecule has 2 saturated carbocycles. The molecule has 5 heteroatoms. The molecule has 1 aromatic heterocycles. The van der Waals surface area contributed by atoms with Crippen LogP contribution in [0.1, 0.15) is 39.5 Å². The number of carbonyl (C=O) groups is 1. The van der Waals surface area contributed by atoms with E-state index < -0.39 is 0 Å². The van der Waals surface area contributed by atoms with E-state index in [0.717, 1.165) is 21.7 Å². The molecule has 2 aromatic rings. The van der Waals surface area contributed by atoms with Gasteiger partial charge in [0.05, 0.1) is 15.5 Å². The molecule has 1 aromatic carbocycles. The molecule has 0 spiro atoms. The van der Waals surface area contributed by atoms with E-state index in [0.29, 0.717) is 12.0 Å². The summed E-state index contributed by atoms with van der Waals surface area (Å²) >= 11 is 3.24. The van der Waals surface area contributed by atoms with E-state index in [1.807, 2.05) is 25.1 Å². The van der Waals surface area contributed by atoms with Crippen molar-refractivity contribution >= 4 is 39.2 Å². The van der Waals surface area contributed by atoms with Crippen molar-refractivity contribution in [3.63, 3.8) is 0 Å². The number of para-hydroxylation sites is 1. The molecule has 5 atom stereocenters. The zero-order valence-corrected chi connectivity index (χ0v) is 15.8. The van der Waals surface area contributed by atoms with Gasteiger partial charge in [0.15, 0.2) is 4.34 Å². The Morgan fingerprint density at radius 3 is 2.83 bits per heavy atom. The molecule has 2 aliphatic carbocycles. The number of amides is 1. The van der Waals surface area contributed by atoms with Crippen molar-refractivity contribution in [1.82, 2.24) is 10.3 Å². The van der Waals surface area contributed by atoms with Crippen LogP contribution in [0.25, 0.3) is 10.2 Å². The van der Waals surface area contributed by atoms with Crippen LogP contribution in [-0.2, 0) is 4.79 Å². The van der Waals surface area contributed by atoms with Crippen LogP contribution < -0.4 is 5.32 Å². The summed E-state index contributed by atoms with van der Waals surface area (Å²) in [6.45, 7) is 4.18. The molecular weight excluding hydrogens is 336 g/mol. The number of hydrogen-bond donors (Lipinski definition) is 1. The van der Waals surface area contributed by atoms with Gasteiger partial charge in [0.2, 0.25) is 5.91 Å². The monoisotopic (exact) mass is 360 g/mol. The third kappa shape index (κ3) is 3.21. The van der Waals surface area contributed by atoms with Gasteiger partial charge in [-0.05, 0) is 63.0 Å². The van der Waals surface area contributed by atoms with Crippen molar-refractivity contribution in [3.8, 4) is 0 Å². The number of fused-ring (bicyclic) bond motifs is 3. The van der Waals surface area contributed by atoms with Gasteiger partial charge in [0, 0.05) is 6.04 Å². The topological polar surface area (TPSA) is 42.0 Å². The summed E-state index contributed by atoms with van der Waals surface area (Å²) in [6, 6.07) is 8.44. The predicted octanol–water partition coefficient (Wildman–Crippen LogP) is 4.72. The van der Waals surface area contributed by atoms with E-state index in [2.05, 4.69) is 23.3 Å². The lowest BCUT2D eigenvalue weighted by Crippen LogP contribution is -2.43. The molecule has 0 aliphatic heterocycles. The molecule has 4 rings (SSSR count). The van der Waals surface area contributed by atoms with Crippen LogP contribution in [0.5, 0.6) is 0 Å². The van der Waals surface area contributed by atoms with Gasteiger partial charge < -0.3 is 5.32 Å². The summed E-state index contributed by atoms with van der Waals surface area (Å²) < 4.78 is 2.16. The minimum Gasteiger partial charge on any atom is -0.352 e. The number of carbonyl (C=O) groups excluding carboxylic acids is 1. The van der Waals surface area contributed by atoms with Gasteiger partial charge >= 0.3 is 0 Å². The zero-order valence-electron chi connectivity index (χ0n) is 14.2. The van der Waals surface area contributed by atoms with Crippen LogP contribution in [0, 0.1) is 17.8 Å². The second-order valence-electron chi connectivity index (χ2n) is 7.34. The second kappa shape index (κ2) is 6.68. The van der Waals surface area contributed by atoms with Crippen molar-refractivity contribution in [2.45, 2.75) is 55.2 Å². The highest BCUT2D eigenvalue weighted by molar-refractivity contribution is 8.02. The quantitative estimate of drug-likeness (QED) is 0.785. The highest BCUT2D eigenvalue weighted by Crippen LogP contribution is 2.49. The van der Waals surface area contributed by atoms with E-state index in [-0.39, 0.29) is 11.2 Å². The maximum Gasteiger partial charge on any atom is 0.233 e. The van der Waals surface area contributed by atoms with Gasteiger partial charge in [-0.15, -0.1) is 11.3 Å². The Balaban J connectivity index is 1.35. The average molecular weight is 361 g/mol. The molecule has 1 N–H and O–H groups in total. The highest BCUT2D eigenvalue weighted by Gasteiger charge is 2.42. The lowest BCUT2D eigenvalue weighted by atomic mass is 9.84. The number of aromatic nitrogens is 1. The molecule has 1 heterocycles. The lowest BCUT2D eigenvalue weighted by Gasteiger charge is -2.29. The normalized spacial score (nSPS) is 28.2. The Morgan fingerprint density at radius 2 is 2.12 bits per heavy atom. The van der Waals surface area contributed by atoms with Crippen molar-refractivity contribution in [2.24, 2.45) is 17.8 Å². The molecule has 0 saturated heterocycles. The van der Waals surface area contributed by atoms with E-state index >= 15 is 0 Å².